The number of hydrogen-bond acceptors (Lipinski definition) is 1. The van der Waals surface area contributed by atoms with Crippen LogP contribution in [0, 0.1) is 0 Å². The molecule has 2 aromatic rings. The van der Waals surface area contributed by atoms with Gasteiger partial charge in [0.2, 0.25) is 0 Å². The zero-order valence-corrected chi connectivity index (χ0v) is 18.5. The maximum atomic E-state index is 6.00. The Bertz CT molecular complexity index is 617. The molecule has 2 rings (SSSR count). The number of halogens is 6. The largest absolute Gasteiger partial charge is 0.453 e. The van der Waals surface area contributed by atoms with E-state index >= 15 is 0 Å². The summed E-state index contributed by atoms with van der Waals surface area (Å²) < 4.78 is 11.3. The molecule has 0 atom stereocenters. The fourth-order valence-corrected chi connectivity index (χ4v) is 5.17. The van der Waals surface area contributed by atoms with E-state index in [1.54, 1.807) is 0 Å². The first-order valence-corrected chi connectivity index (χ1v) is 9.62. The maximum absolute atomic E-state index is 6.00. The second kappa shape index (κ2) is 6.92. The van der Waals surface area contributed by atoms with E-state index in [2.05, 4.69) is 95.6 Å². The van der Waals surface area contributed by atoms with E-state index in [1.807, 2.05) is 24.3 Å². The Balaban J connectivity index is 2.51. The Morgan fingerprint density at radius 3 is 1.74 bits per heavy atom. The van der Waals surface area contributed by atoms with Crippen LogP contribution in [-0.4, -0.2) is 0 Å². The summed E-state index contributed by atoms with van der Waals surface area (Å²) >= 11 is 20.9. The highest BCUT2D eigenvalue weighted by Gasteiger charge is 2.15. The predicted molar refractivity (Wildman–Crippen MR) is 99.2 cm³/mol. The monoisotopic (exact) mass is 638 g/mol. The van der Waals surface area contributed by atoms with Gasteiger partial charge in [0.15, 0.2) is 11.5 Å². The van der Waals surface area contributed by atoms with Gasteiger partial charge in [0.1, 0.15) is 0 Å². The van der Waals surface area contributed by atoms with Gasteiger partial charge >= 0.3 is 0 Å². The molecule has 0 aliphatic rings. The summed E-state index contributed by atoms with van der Waals surface area (Å²) in [5, 5.41) is 0. The van der Waals surface area contributed by atoms with Gasteiger partial charge < -0.3 is 4.74 Å². The van der Waals surface area contributed by atoms with Crippen molar-refractivity contribution in [3.8, 4) is 11.5 Å². The highest BCUT2D eigenvalue weighted by Crippen LogP contribution is 2.45. The predicted octanol–water partition coefficient (Wildman–Crippen LogP) is 8.05. The van der Waals surface area contributed by atoms with Crippen LogP contribution in [0.1, 0.15) is 0 Å². The minimum absolute atomic E-state index is 0.707. The maximum Gasteiger partial charge on any atom is 0.157 e. The van der Waals surface area contributed by atoms with Crippen LogP contribution in [0.15, 0.2) is 51.1 Å². The molecule has 0 amide bonds. The number of benzene rings is 2. The number of rotatable bonds is 2. The van der Waals surface area contributed by atoms with Crippen molar-refractivity contribution in [1.82, 2.24) is 0 Å². The third kappa shape index (κ3) is 3.86. The molecular formula is C12H4Br6O. The molecular weight excluding hydrogens is 640 g/mol. The van der Waals surface area contributed by atoms with Crippen LogP contribution < -0.4 is 4.74 Å². The van der Waals surface area contributed by atoms with Gasteiger partial charge in [-0.05, 0) is 104 Å². The molecule has 0 N–H and O–H groups in total. The molecule has 0 fully saturated rings. The minimum atomic E-state index is 0.707. The van der Waals surface area contributed by atoms with Gasteiger partial charge in [-0.3, -0.25) is 0 Å². The smallest absolute Gasteiger partial charge is 0.157 e. The van der Waals surface area contributed by atoms with E-state index in [1.165, 1.54) is 0 Å². The first kappa shape index (κ1) is 16.5. The van der Waals surface area contributed by atoms with Crippen LogP contribution in [0.2, 0.25) is 0 Å². The zero-order chi connectivity index (χ0) is 14.2. The fraction of sp³-hybridized carbons (Fsp3) is 0. The third-order valence-corrected chi connectivity index (χ3v) is 6.41. The van der Waals surface area contributed by atoms with Crippen LogP contribution in [0.4, 0.5) is 0 Å². The summed E-state index contributed by atoms with van der Waals surface area (Å²) in [7, 11) is 0. The van der Waals surface area contributed by atoms with Crippen molar-refractivity contribution in [2.24, 2.45) is 0 Å². The third-order valence-electron chi connectivity index (χ3n) is 2.17. The van der Waals surface area contributed by atoms with Gasteiger partial charge in [0.05, 0.1) is 17.9 Å². The molecule has 0 aliphatic carbocycles. The van der Waals surface area contributed by atoms with Crippen molar-refractivity contribution in [2.75, 3.05) is 0 Å². The zero-order valence-electron chi connectivity index (χ0n) is 8.99. The van der Waals surface area contributed by atoms with Crippen LogP contribution in [0.3, 0.4) is 0 Å². The molecule has 1 nitrogen and oxygen atoms in total. The Morgan fingerprint density at radius 2 is 1.16 bits per heavy atom. The van der Waals surface area contributed by atoms with E-state index in [0.29, 0.717) is 11.5 Å². The molecule has 0 radical (unpaired) electrons. The van der Waals surface area contributed by atoms with E-state index in [4.69, 9.17) is 4.74 Å². The first-order chi connectivity index (χ1) is 8.90. The van der Waals surface area contributed by atoms with Crippen molar-refractivity contribution in [3.63, 3.8) is 0 Å². The summed E-state index contributed by atoms with van der Waals surface area (Å²) in [5.41, 5.74) is 0. The Labute approximate surface area is 161 Å². The van der Waals surface area contributed by atoms with Gasteiger partial charge in [-0.1, -0.05) is 15.9 Å². The molecule has 0 aliphatic heterocycles. The normalized spacial score (nSPS) is 10.6. The standard InChI is InChI=1S/C12H4Br6O/c13-5-3-8(16)11(9(17)4-5)19-12-7(15)2-1-6(14)10(12)18/h1-4H. The molecule has 100 valence electrons. The summed E-state index contributed by atoms with van der Waals surface area (Å²) in [5.74, 6) is 1.42. The molecule has 7 heteroatoms. The van der Waals surface area contributed by atoms with Gasteiger partial charge in [-0.25, -0.2) is 0 Å². The van der Waals surface area contributed by atoms with Crippen molar-refractivity contribution in [3.05, 3.63) is 51.1 Å². The Morgan fingerprint density at radius 1 is 0.632 bits per heavy atom. The quantitative estimate of drug-likeness (QED) is 0.301. The van der Waals surface area contributed by atoms with Crippen LogP contribution in [0.5, 0.6) is 11.5 Å². The highest BCUT2D eigenvalue weighted by atomic mass is 79.9. The van der Waals surface area contributed by atoms with Crippen molar-refractivity contribution >= 4 is 95.6 Å². The van der Waals surface area contributed by atoms with E-state index in [9.17, 15) is 0 Å². The SMILES string of the molecule is Brc1cc(Br)c(Oc2c(Br)ccc(Br)c2Br)c(Br)c1. The molecule has 2 aromatic carbocycles. The summed E-state index contributed by atoms with van der Waals surface area (Å²) in [6, 6.07) is 7.72. The molecule has 0 spiro atoms. The lowest BCUT2D eigenvalue weighted by Crippen LogP contribution is -1.90. The number of hydrogen-bond donors (Lipinski definition) is 0. The van der Waals surface area contributed by atoms with E-state index < -0.39 is 0 Å². The summed E-state index contributed by atoms with van der Waals surface area (Å²) in [6.07, 6.45) is 0. The van der Waals surface area contributed by atoms with Crippen molar-refractivity contribution < 1.29 is 4.74 Å². The second-order valence-electron chi connectivity index (χ2n) is 3.47. The summed E-state index contributed by atoms with van der Waals surface area (Å²) in [6.45, 7) is 0. The minimum Gasteiger partial charge on any atom is -0.453 e. The lowest BCUT2D eigenvalue weighted by atomic mass is 10.3. The topological polar surface area (TPSA) is 9.23 Å². The summed E-state index contributed by atoms with van der Waals surface area (Å²) in [4.78, 5) is 0. The van der Waals surface area contributed by atoms with Gasteiger partial charge in [-0.15, -0.1) is 0 Å². The van der Waals surface area contributed by atoms with Crippen LogP contribution in [0.25, 0.3) is 0 Å². The molecule has 0 unspecified atom stereocenters. The Kier molecular flexibility index (Phi) is 6.01. The molecule has 0 heterocycles. The first-order valence-electron chi connectivity index (χ1n) is 4.86. The van der Waals surface area contributed by atoms with E-state index in [-0.39, 0.29) is 0 Å². The van der Waals surface area contributed by atoms with Gasteiger partial charge in [-0.2, -0.15) is 0 Å². The molecule has 0 saturated carbocycles. The lowest BCUT2D eigenvalue weighted by molar-refractivity contribution is 0.470. The average molecular weight is 644 g/mol. The molecule has 19 heavy (non-hydrogen) atoms. The second-order valence-corrected chi connectivity index (χ2v) is 8.60. The van der Waals surface area contributed by atoms with Crippen molar-refractivity contribution in [1.29, 1.82) is 0 Å². The van der Waals surface area contributed by atoms with E-state index in [0.717, 1.165) is 26.8 Å². The van der Waals surface area contributed by atoms with Gasteiger partial charge in [0.25, 0.3) is 0 Å². The Hall–Kier alpha value is 1.12. The fourth-order valence-electron chi connectivity index (χ4n) is 1.33. The van der Waals surface area contributed by atoms with Crippen LogP contribution >= 0.6 is 95.6 Å². The molecule has 0 saturated heterocycles. The molecule has 0 aromatic heterocycles. The average Bonchev–Trinajstić information content (AvgIpc) is 2.32. The number of ether oxygens (including phenoxy) is 1. The van der Waals surface area contributed by atoms with Crippen molar-refractivity contribution in [2.45, 2.75) is 0 Å². The molecule has 0 bridgehead atoms. The van der Waals surface area contributed by atoms with Gasteiger partial charge in [0, 0.05) is 8.95 Å². The highest BCUT2D eigenvalue weighted by molar-refractivity contribution is 9.13. The lowest BCUT2D eigenvalue weighted by Gasteiger charge is -2.14. The van der Waals surface area contributed by atoms with Crippen LogP contribution in [-0.2, 0) is 0 Å².